The van der Waals surface area contributed by atoms with E-state index in [0.717, 1.165) is 9.87 Å². The third-order valence-electron chi connectivity index (χ3n) is 5.77. The van der Waals surface area contributed by atoms with E-state index in [1.54, 1.807) is 45.9 Å². The number of fused-ring (bicyclic) bond motifs is 1. The van der Waals surface area contributed by atoms with Crippen LogP contribution in [0.5, 0.6) is 0 Å². The van der Waals surface area contributed by atoms with E-state index in [-0.39, 0.29) is 28.8 Å². The quantitative estimate of drug-likeness (QED) is 0.343. The van der Waals surface area contributed by atoms with Crippen molar-refractivity contribution in [3.63, 3.8) is 0 Å². The summed E-state index contributed by atoms with van der Waals surface area (Å²) in [4.78, 5) is 20.2. The van der Waals surface area contributed by atoms with Crippen LogP contribution in [0.2, 0.25) is 5.28 Å². The number of carbonyl (C=O) groups is 1. The lowest BCUT2D eigenvalue weighted by molar-refractivity contribution is 0.0501. The van der Waals surface area contributed by atoms with Crippen molar-refractivity contribution >= 4 is 41.3 Å². The average Bonchev–Trinajstić information content (AvgIpc) is 2.82. The molecule has 0 saturated heterocycles. The molecular formula is C25H27ClN4O6S2. The van der Waals surface area contributed by atoms with Gasteiger partial charge in [-0.25, -0.2) is 23.2 Å². The maximum absolute atomic E-state index is 13.7. The molecule has 0 aliphatic carbocycles. The van der Waals surface area contributed by atoms with Gasteiger partial charge in [-0.3, -0.25) is 4.31 Å². The zero-order chi connectivity index (χ0) is 27.9. The van der Waals surface area contributed by atoms with Crippen LogP contribution >= 0.6 is 11.6 Å². The van der Waals surface area contributed by atoms with Gasteiger partial charge < -0.3 is 10.1 Å². The fourth-order valence-electron chi connectivity index (χ4n) is 4.01. The SMILES string of the molecule is Cc1ccc(S(=O)(=O)S(=O)(=O)N2CCC(NC(=O)OC(C)(C)C)c3ccc(-c4ccnc(Cl)n4)cc32)cc1. The number of halogens is 1. The highest BCUT2D eigenvalue weighted by Crippen LogP contribution is 2.40. The van der Waals surface area contributed by atoms with E-state index in [0.29, 0.717) is 16.8 Å². The second kappa shape index (κ2) is 10.2. The molecule has 38 heavy (non-hydrogen) atoms. The predicted octanol–water partition coefficient (Wildman–Crippen LogP) is 4.60. The standard InChI is InChI=1S/C25H27ClN4O6S2/c1-16-5-8-18(9-6-16)37(32,33)38(34,35)30-14-12-21(29-24(31)36-25(2,3)4)19-10-7-17(15-22(19)30)20-11-13-27-23(26)28-20/h5-11,13,15,21H,12,14H2,1-4H3,(H,29,31). The van der Waals surface area contributed by atoms with Crippen LogP contribution in [-0.2, 0) is 22.7 Å². The van der Waals surface area contributed by atoms with Gasteiger partial charge in [0, 0.05) is 18.3 Å². The maximum Gasteiger partial charge on any atom is 0.408 e. The molecule has 1 aliphatic rings. The summed E-state index contributed by atoms with van der Waals surface area (Å²) in [5.41, 5.74) is 1.45. The monoisotopic (exact) mass is 578 g/mol. The molecule has 0 spiro atoms. The summed E-state index contributed by atoms with van der Waals surface area (Å²) in [5, 5.41) is 2.77. The minimum absolute atomic E-state index is 0.00360. The van der Waals surface area contributed by atoms with Crippen molar-refractivity contribution in [2.24, 2.45) is 0 Å². The van der Waals surface area contributed by atoms with Crippen molar-refractivity contribution < 1.29 is 26.4 Å². The molecular weight excluding hydrogens is 552 g/mol. The number of hydrogen-bond donors (Lipinski definition) is 1. The number of carbonyl (C=O) groups excluding carboxylic acids is 1. The highest BCUT2D eigenvalue weighted by Gasteiger charge is 2.42. The van der Waals surface area contributed by atoms with Crippen LogP contribution in [0.15, 0.2) is 59.6 Å². The molecule has 0 bridgehead atoms. The molecule has 0 radical (unpaired) electrons. The third-order valence-corrected chi connectivity index (χ3v) is 11.1. The van der Waals surface area contributed by atoms with Crippen LogP contribution in [0.4, 0.5) is 10.5 Å². The minimum atomic E-state index is -4.93. The van der Waals surface area contributed by atoms with E-state index in [4.69, 9.17) is 16.3 Å². The van der Waals surface area contributed by atoms with Crippen LogP contribution < -0.4 is 9.62 Å². The Labute approximate surface area is 226 Å². The lowest BCUT2D eigenvalue weighted by atomic mass is 9.95. The molecule has 1 aliphatic heterocycles. The van der Waals surface area contributed by atoms with Crippen molar-refractivity contribution in [2.75, 3.05) is 10.8 Å². The number of aryl methyl sites for hydroxylation is 1. The Morgan fingerprint density at radius 3 is 2.39 bits per heavy atom. The summed E-state index contributed by atoms with van der Waals surface area (Å²) in [6.07, 6.45) is 0.893. The first-order valence-corrected chi connectivity index (χ1v) is 15.5. The highest BCUT2D eigenvalue weighted by atomic mass is 35.5. The highest BCUT2D eigenvalue weighted by molar-refractivity contribution is 8.67. The molecule has 10 nitrogen and oxygen atoms in total. The van der Waals surface area contributed by atoms with Gasteiger partial charge in [-0.05, 0) is 75.5 Å². The van der Waals surface area contributed by atoms with Gasteiger partial charge in [-0.1, -0.05) is 29.8 Å². The number of amides is 1. The number of nitrogens with one attached hydrogen (secondary N) is 1. The molecule has 2 aromatic carbocycles. The average molecular weight is 579 g/mol. The molecule has 2 heterocycles. The van der Waals surface area contributed by atoms with Gasteiger partial charge in [0.25, 0.3) is 0 Å². The van der Waals surface area contributed by atoms with Crippen LogP contribution in [-0.4, -0.2) is 45.0 Å². The molecule has 13 heteroatoms. The van der Waals surface area contributed by atoms with E-state index in [1.165, 1.54) is 36.5 Å². The predicted molar refractivity (Wildman–Crippen MR) is 144 cm³/mol. The Morgan fingerprint density at radius 2 is 1.76 bits per heavy atom. The number of benzene rings is 2. The number of hydrogen-bond acceptors (Lipinski definition) is 8. The van der Waals surface area contributed by atoms with Crippen molar-refractivity contribution in [1.29, 1.82) is 0 Å². The van der Waals surface area contributed by atoms with E-state index in [9.17, 15) is 21.6 Å². The van der Waals surface area contributed by atoms with Gasteiger partial charge in [-0.2, -0.15) is 8.42 Å². The first-order valence-electron chi connectivity index (χ1n) is 11.7. The van der Waals surface area contributed by atoms with Gasteiger partial charge in [0.1, 0.15) is 5.60 Å². The van der Waals surface area contributed by atoms with Crippen LogP contribution in [0.25, 0.3) is 11.3 Å². The zero-order valence-electron chi connectivity index (χ0n) is 21.2. The van der Waals surface area contributed by atoms with Crippen LogP contribution in [0, 0.1) is 6.92 Å². The summed E-state index contributed by atoms with van der Waals surface area (Å²) >= 11 is 5.94. The molecule has 1 unspecified atom stereocenters. The normalized spacial score (nSPS) is 16.0. The van der Waals surface area contributed by atoms with Crippen LogP contribution in [0.3, 0.4) is 0 Å². The van der Waals surface area contributed by atoms with Crippen molar-refractivity contribution in [3.8, 4) is 11.3 Å². The fraction of sp³-hybridized carbons (Fsp3) is 0.320. The number of nitrogens with zero attached hydrogens (tertiary/aromatic N) is 3. The largest absolute Gasteiger partial charge is 0.444 e. The van der Waals surface area contributed by atoms with Gasteiger partial charge in [0.15, 0.2) is 0 Å². The summed E-state index contributed by atoms with van der Waals surface area (Å²) in [6.45, 7) is 6.75. The van der Waals surface area contributed by atoms with Crippen molar-refractivity contribution in [3.05, 3.63) is 71.1 Å². The van der Waals surface area contributed by atoms with Gasteiger partial charge >= 0.3 is 24.0 Å². The Kier molecular flexibility index (Phi) is 7.43. The van der Waals surface area contributed by atoms with Crippen molar-refractivity contribution in [2.45, 2.75) is 50.7 Å². The zero-order valence-corrected chi connectivity index (χ0v) is 23.6. The van der Waals surface area contributed by atoms with E-state index in [1.807, 2.05) is 0 Å². The lowest BCUT2D eigenvalue weighted by Gasteiger charge is -2.35. The molecule has 1 N–H and O–H groups in total. The van der Waals surface area contributed by atoms with Crippen LogP contribution in [0.1, 0.15) is 44.4 Å². The summed E-state index contributed by atoms with van der Waals surface area (Å²) in [5.74, 6) is 0. The van der Waals surface area contributed by atoms with Gasteiger partial charge in [-0.15, -0.1) is 0 Å². The number of ether oxygens (including phenoxy) is 1. The summed E-state index contributed by atoms with van der Waals surface area (Å²) in [7, 11) is -9.73. The Balaban J connectivity index is 1.81. The molecule has 1 aromatic heterocycles. The molecule has 202 valence electrons. The molecule has 0 saturated carbocycles. The Morgan fingerprint density at radius 1 is 1.08 bits per heavy atom. The number of rotatable bonds is 5. The second-order valence-corrected chi connectivity index (χ2v) is 15.4. The topological polar surface area (TPSA) is 136 Å². The van der Waals surface area contributed by atoms with Gasteiger partial charge in [0.2, 0.25) is 5.28 Å². The molecule has 3 aromatic rings. The molecule has 1 atom stereocenters. The number of alkyl carbamates (subject to hydrolysis) is 1. The molecule has 0 fully saturated rings. The van der Waals surface area contributed by atoms with E-state index >= 15 is 0 Å². The second-order valence-electron chi connectivity index (χ2n) is 9.77. The smallest absolute Gasteiger partial charge is 0.408 e. The molecule has 1 amide bonds. The first-order chi connectivity index (χ1) is 17.7. The van der Waals surface area contributed by atoms with Gasteiger partial charge in [0.05, 0.1) is 22.3 Å². The Bertz CT molecular complexity index is 1590. The first kappa shape index (κ1) is 27.8. The minimum Gasteiger partial charge on any atom is -0.444 e. The van der Waals surface area contributed by atoms with Crippen molar-refractivity contribution in [1.82, 2.24) is 15.3 Å². The third kappa shape index (κ3) is 5.62. The van der Waals surface area contributed by atoms with E-state index < -0.39 is 35.7 Å². The number of aromatic nitrogens is 2. The van der Waals surface area contributed by atoms with E-state index in [2.05, 4.69) is 15.3 Å². The Hall–Kier alpha value is -3.22. The molecule has 4 rings (SSSR count). The summed E-state index contributed by atoms with van der Waals surface area (Å²) in [6, 6.07) is 11.4. The lowest BCUT2D eigenvalue weighted by Crippen LogP contribution is -2.44. The number of anilines is 1. The maximum atomic E-state index is 13.7. The fourth-order valence-corrected chi connectivity index (χ4v) is 8.07. The summed E-state index contributed by atoms with van der Waals surface area (Å²) < 4.78 is 60.2.